The molecule has 23 heavy (non-hydrogen) atoms. The minimum absolute atomic E-state index is 0.241. The third-order valence-corrected chi connectivity index (χ3v) is 5.05. The van der Waals surface area contributed by atoms with Gasteiger partial charge < -0.3 is 10.3 Å². The van der Waals surface area contributed by atoms with Crippen molar-refractivity contribution in [1.82, 2.24) is 25.0 Å². The smallest absolute Gasteiger partial charge is 0.244 e. The van der Waals surface area contributed by atoms with Crippen molar-refractivity contribution in [2.45, 2.75) is 57.0 Å². The van der Waals surface area contributed by atoms with E-state index in [0.717, 1.165) is 13.0 Å². The van der Waals surface area contributed by atoms with Gasteiger partial charge in [-0.1, -0.05) is 24.4 Å². The third-order valence-electron chi connectivity index (χ3n) is 5.05. The van der Waals surface area contributed by atoms with Gasteiger partial charge in [-0.25, -0.2) is 9.97 Å². The second kappa shape index (κ2) is 6.23. The molecule has 0 amide bonds. The lowest BCUT2D eigenvalue weighted by Gasteiger charge is -2.34. The van der Waals surface area contributed by atoms with Crippen LogP contribution in [0.2, 0.25) is 0 Å². The summed E-state index contributed by atoms with van der Waals surface area (Å²) in [6, 6.07) is 0.905. The number of hydrogen-bond donors (Lipinski definition) is 1. The Morgan fingerprint density at radius 2 is 2.00 bits per heavy atom. The molecule has 7 heteroatoms. The molecule has 4 rings (SSSR count). The van der Waals surface area contributed by atoms with Crippen LogP contribution in [-0.2, 0) is 0 Å². The molecule has 2 N–H and O–H groups in total. The molecule has 2 fully saturated rings. The van der Waals surface area contributed by atoms with Crippen LogP contribution in [0.5, 0.6) is 0 Å². The van der Waals surface area contributed by atoms with E-state index in [1.165, 1.54) is 44.9 Å². The van der Waals surface area contributed by atoms with Gasteiger partial charge in [-0.2, -0.15) is 4.98 Å². The van der Waals surface area contributed by atoms with E-state index < -0.39 is 0 Å². The first-order valence-corrected chi connectivity index (χ1v) is 8.48. The average molecular weight is 314 g/mol. The highest BCUT2D eigenvalue weighted by Crippen LogP contribution is 2.37. The Labute approximate surface area is 135 Å². The van der Waals surface area contributed by atoms with E-state index in [1.54, 1.807) is 6.20 Å². The van der Waals surface area contributed by atoms with E-state index in [-0.39, 0.29) is 6.04 Å². The van der Waals surface area contributed by atoms with E-state index in [9.17, 15) is 0 Å². The van der Waals surface area contributed by atoms with Crippen molar-refractivity contribution in [3.8, 4) is 11.4 Å². The molecular formula is C16H22N6O. The van der Waals surface area contributed by atoms with Crippen LogP contribution in [0, 0.1) is 0 Å². The molecule has 0 aromatic carbocycles. The van der Waals surface area contributed by atoms with Gasteiger partial charge in [0.2, 0.25) is 11.7 Å². The fraction of sp³-hybridized carbons (Fsp3) is 0.625. The number of nitrogens with zero attached hydrogens (tertiary/aromatic N) is 5. The molecule has 1 atom stereocenters. The fourth-order valence-corrected chi connectivity index (χ4v) is 3.90. The topological polar surface area (TPSA) is 94.0 Å². The number of rotatable bonds is 3. The first-order chi connectivity index (χ1) is 11.3. The van der Waals surface area contributed by atoms with Crippen molar-refractivity contribution in [2.75, 3.05) is 12.3 Å². The van der Waals surface area contributed by atoms with Gasteiger partial charge in [0.25, 0.3) is 0 Å². The Hall–Kier alpha value is -2.02. The lowest BCUT2D eigenvalue weighted by Crippen LogP contribution is -2.36. The summed E-state index contributed by atoms with van der Waals surface area (Å²) in [7, 11) is 0. The zero-order valence-electron chi connectivity index (χ0n) is 13.2. The quantitative estimate of drug-likeness (QED) is 0.930. The van der Waals surface area contributed by atoms with Crippen molar-refractivity contribution in [2.24, 2.45) is 0 Å². The Kier molecular flexibility index (Phi) is 3.95. The maximum Gasteiger partial charge on any atom is 0.244 e. The SMILES string of the molecule is Nc1ncncc1-c1noc([C@H]2CCCN2C2CCCCC2)n1. The van der Waals surface area contributed by atoms with E-state index >= 15 is 0 Å². The zero-order valence-corrected chi connectivity index (χ0v) is 13.2. The highest BCUT2D eigenvalue weighted by atomic mass is 16.5. The van der Waals surface area contributed by atoms with E-state index in [0.29, 0.717) is 29.1 Å². The molecule has 0 bridgehead atoms. The molecule has 2 aromatic heterocycles. The molecule has 7 nitrogen and oxygen atoms in total. The van der Waals surface area contributed by atoms with Gasteiger partial charge in [-0.05, 0) is 32.2 Å². The van der Waals surface area contributed by atoms with Gasteiger partial charge >= 0.3 is 0 Å². The van der Waals surface area contributed by atoms with Crippen LogP contribution >= 0.6 is 0 Å². The van der Waals surface area contributed by atoms with Crippen LogP contribution in [0.1, 0.15) is 56.9 Å². The lowest BCUT2D eigenvalue weighted by atomic mass is 9.94. The Morgan fingerprint density at radius 1 is 1.13 bits per heavy atom. The molecule has 122 valence electrons. The van der Waals surface area contributed by atoms with Crippen LogP contribution in [0.4, 0.5) is 5.82 Å². The summed E-state index contributed by atoms with van der Waals surface area (Å²) in [5, 5.41) is 4.10. The number of nitrogen functional groups attached to an aromatic ring is 1. The minimum atomic E-state index is 0.241. The summed E-state index contributed by atoms with van der Waals surface area (Å²) in [6.45, 7) is 1.13. The number of aromatic nitrogens is 4. The Bertz CT molecular complexity index is 666. The molecule has 0 unspecified atom stereocenters. The molecule has 1 saturated carbocycles. The maximum atomic E-state index is 5.88. The van der Waals surface area contributed by atoms with E-state index in [2.05, 4.69) is 25.0 Å². The molecule has 3 heterocycles. The first-order valence-electron chi connectivity index (χ1n) is 8.48. The van der Waals surface area contributed by atoms with Gasteiger partial charge in [0.15, 0.2) is 0 Å². The molecule has 2 aliphatic rings. The Balaban J connectivity index is 1.57. The molecule has 1 aliphatic carbocycles. The summed E-state index contributed by atoms with van der Waals surface area (Å²) in [5.74, 6) is 1.56. The van der Waals surface area contributed by atoms with Crippen molar-refractivity contribution >= 4 is 5.82 Å². The highest BCUT2D eigenvalue weighted by Gasteiger charge is 2.35. The standard InChI is InChI=1S/C16H22N6O/c17-14-12(9-18-10-19-14)15-20-16(23-21-15)13-7-4-8-22(13)11-5-2-1-3-6-11/h9-11,13H,1-8H2,(H2,17,18,19)/t13-/m1/s1. The van der Waals surface area contributed by atoms with Crippen LogP contribution in [0.25, 0.3) is 11.4 Å². The monoisotopic (exact) mass is 314 g/mol. The molecule has 1 saturated heterocycles. The van der Waals surface area contributed by atoms with Crippen LogP contribution in [0.3, 0.4) is 0 Å². The Morgan fingerprint density at radius 3 is 2.83 bits per heavy atom. The van der Waals surface area contributed by atoms with Crippen molar-refractivity contribution in [1.29, 1.82) is 0 Å². The number of likely N-dealkylation sites (tertiary alicyclic amines) is 1. The molecule has 1 aliphatic heterocycles. The summed E-state index contributed by atoms with van der Waals surface area (Å²) in [4.78, 5) is 15.1. The maximum absolute atomic E-state index is 5.88. The second-order valence-corrected chi connectivity index (χ2v) is 6.47. The number of hydrogen-bond acceptors (Lipinski definition) is 7. The van der Waals surface area contributed by atoms with Crippen LogP contribution in [-0.4, -0.2) is 37.6 Å². The van der Waals surface area contributed by atoms with Gasteiger partial charge in [0.1, 0.15) is 12.1 Å². The minimum Gasteiger partial charge on any atom is -0.383 e. The predicted molar refractivity (Wildman–Crippen MR) is 85.3 cm³/mol. The molecular weight excluding hydrogens is 292 g/mol. The third kappa shape index (κ3) is 2.81. The van der Waals surface area contributed by atoms with E-state index in [1.807, 2.05) is 0 Å². The van der Waals surface area contributed by atoms with Gasteiger partial charge in [-0.15, -0.1) is 0 Å². The van der Waals surface area contributed by atoms with Gasteiger partial charge in [0.05, 0.1) is 11.6 Å². The second-order valence-electron chi connectivity index (χ2n) is 6.47. The number of anilines is 1. The van der Waals surface area contributed by atoms with Crippen LogP contribution < -0.4 is 5.73 Å². The molecule has 0 spiro atoms. The lowest BCUT2D eigenvalue weighted by molar-refractivity contribution is 0.121. The summed E-state index contributed by atoms with van der Waals surface area (Å²) >= 11 is 0. The van der Waals surface area contributed by atoms with Crippen LogP contribution in [0.15, 0.2) is 17.0 Å². The van der Waals surface area contributed by atoms with Crippen molar-refractivity contribution in [3.63, 3.8) is 0 Å². The largest absolute Gasteiger partial charge is 0.383 e. The fourth-order valence-electron chi connectivity index (χ4n) is 3.90. The van der Waals surface area contributed by atoms with Crippen molar-refractivity contribution in [3.05, 3.63) is 18.4 Å². The number of nitrogens with two attached hydrogens (primary N) is 1. The summed E-state index contributed by atoms with van der Waals surface area (Å²) in [5.41, 5.74) is 6.51. The van der Waals surface area contributed by atoms with Gasteiger partial charge in [0, 0.05) is 12.2 Å². The van der Waals surface area contributed by atoms with Gasteiger partial charge in [-0.3, -0.25) is 4.90 Å². The highest BCUT2D eigenvalue weighted by molar-refractivity contribution is 5.66. The zero-order chi connectivity index (χ0) is 15.6. The first kappa shape index (κ1) is 14.6. The molecule has 0 radical (unpaired) electrons. The summed E-state index contributed by atoms with van der Waals surface area (Å²) < 4.78 is 5.57. The van der Waals surface area contributed by atoms with Crippen molar-refractivity contribution < 1.29 is 4.52 Å². The predicted octanol–water partition coefficient (Wildman–Crippen LogP) is 2.58. The average Bonchev–Trinajstić information content (AvgIpc) is 3.25. The summed E-state index contributed by atoms with van der Waals surface area (Å²) in [6.07, 6.45) is 11.9. The normalized spacial score (nSPS) is 23.4. The van der Waals surface area contributed by atoms with E-state index in [4.69, 9.17) is 10.3 Å². The molecule has 2 aromatic rings.